The summed E-state index contributed by atoms with van der Waals surface area (Å²) >= 11 is 0. The third-order valence-electron chi connectivity index (χ3n) is 7.98. The van der Waals surface area contributed by atoms with E-state index in [1.165, 1.54) is 0 Å². The van der Waals surface area contributed by atoms with Crippen LogP contribution < -0.4 is 0 Å². The van der Waals surface area contributed by atoms with Gasteiger partial charge in [-0.25, -0.2) is 0 Å². The van der Waals surface area contributed by atoms with Crippen molar-refractivity contribution in [2.24, 2.45) is 43.3 Å². The molecule has 0 saturated heterocycles. The van der Waals surface area contributed by atoms with Gasteiger partial charge >= 0.3 is 0 Å². The Labute approximate surface area is 357 Å². The summed E-state index contributed by atoms with van der Waals surface area (Å²) in [5.41, 5.74) is -3.21. The van der Waals surface area contributed by atoms with Gasteiger partial charge in [0.2, 0.25) is 0 Å². The molecule has 0 aromatic heterocycles. The zero-order valence-corrected chi connectivity index (χ0v) is 42.7. The molecule has 0 heterocycles. The molecule has 0 spiro atoms. The van der Waals surface area contributed by atoms with Gasteiger partial charge in [0.25, 0.3) is 0 Å². The van der Waals surface area contributed by atoms with Crippen molar-refractivity contribution in [3.8, 4) is 0 Å². The van der Waals surface area contributed by atoms with Gasteiger partial charge in [-0.3, -0.25) is 38.4 Å². The second-order valence-corrected chi connectivity index (χ2v) is 22.1. The molecule has 0 aliphatic carbocycles. The van der Waals surface area contributed by atoms with Crippen LogP contribution in [0, 0.1) is 83.3 Å². The van der Waals surface area contributed by atoms with Gasteiger partial charge in [-0.1, -0.05) is 166 Å². The van der Waals surface area contributed by atoms with Gasteiger partial charge in [-0.2, -0.15) is 0 Å². The Morgan fingerprint density at radius 3 is 0.302 bits per heavy atom. The summed E-state index contributed by atoms with van der Waals surface area (Å²) in [6.07, 6.45) is 0.250. The molecule has 0 aromatic rings. The molecule has 0 aliphatic heterocycles. The van der Waals surface area contributed by atoms with Gasteiger partial charge in [0.1, 0.15) is 46.3 Å². The van der Waals surface area contributed by atoms with Crippen molar-refractivity contribution >= 4 is 46.3 Å². The molecule has 0 amide bonds. The molecule has 308 valence electrons. The Kier molecular flexibility index (Phi) is 25.8. The maximum absolute atomic E-state index is 11.5. The fraction of sp³-hybridized carbons (Fsp3) is 0.818. The number of carbonyl (C=O) groups excluding carboxylic acids is 8. The summed E-state index contributed by atoms with van der Waals surface area (Å²) < 4.78 is 0. The Morgan fingerprint density at radius 1 is 0.208 bits per heavy atom. The minimum absolute atomic E-state index is 0. The third-order valence-corrected chi connectivity index (χ3v) is 7.98. The van der Waals surface area contributed by atoms with E-state index in [4.69, 9.17) is 0 Å². The summed E-state index contributed by atoms with van der Waals surface area (Å²) in [7, 11) is 0. The molecule has 0 rings (SSSR count). The van der Waals surface area contributed by atoms with Gasteiger partial charge in [-0.05, 0) is 0 Å². The van der Waals surface area contributed by atoms with Gasteiger partial charge < -0.3 is 0 Å². The fourth-order valence-electron chi connectivity index (χ4n) is 2.70. The van der Waals surface area contributed by atoms with Crippen LogP contribution in [0.4, 0.5) is 0 Å². The number of ketones is 8. The first kappa shape index (κ1) is 60.9. The zero-order valence-electron chi connectivity index (χ0n) is 38.6. The average Bonchev–Trinajstić information content (AvgIpc) is 2.85. The minimum Gasteiger partial charge on any atom is -0.299 e. The molecule has 0 saturated carbocycles. The predicted octanol–water partition coefficient (Wildman–Crippen LogP) is 10.4. The molecule has 0 aliphatic rings. The van der Waals surface area contributed by atoms with Crippen LogP contribution in [-0.2, 0) is 38.4 Å². The monoisotopic (exact) mass is 969 g/mol. The number of rotatable bonds is 8. The SMILES string of the molecule is CC(C)(C)C(=O)CC(=O)C(C)(C)C.CC(C)(C)C(=O)CC(=O)C(C)(C)C.CC(C)(C)C(=O)CC(=O)C(C)(C)C.CC(C)(C)C(=O)CC(=O)C(C)(C)C.[Th]. The fourth-order valence-corrected chi connectivity index (χ4v) is 2.70. The largest absolute Gasteiger partial charge is 0.299 e. The van der Waals surface area contributed by atoms with Crippen molar-refractivity contribution < 1.29 is 78.3 Å². The maximum atomic E-state index is 11.5. The van der Waals surface area contributed by atoms with Crippen LogP contribution in [0.15, 0.2) is 0 Å². The number of carbonyl (C=O) groups is 8. The number of Topliss-reactive ketones (excluding diaryl/α,β-unsaturated/α-hetero) is 8. The summed E-state index contributed by atoms with van der Waals surface area (Å²) in [4.78, 5) is 92.0. The molecule has 53 heavy (non-hydrogen) atoms. The van der Waals surface area contributed by atoms with E-state index in [1.807, 2.05) is 166 Å². The van der Waals surface area contributed by atoms with E-state index in [0.29, 0.717) is 0 Å². The topological polar surface area (TPSA) is 137 Å². The van der Waals surface area contributed by atoms with Crippen molar-refractivity contribution in [2.75, 3.05) is 0 Å². The summed E-state index contributed by atoms with van der Waals surface area (Å²) in [6.45, 7) is 44.1. The zero-order chi connectivity index (χ0) is 43.4. The van der Waals surface area contributed by atoms with Gasteiger partial charge in [0, 0.05) is 83.3 Å². The smallest absolute Gasteiger partial charge is 0.145 e. The number of hydrogen-bond acceptors (Lipinski definition) is 8. The third kappa shape index (κ3) is 30.6. The standard InChI is InChI=1S/4C11H20O2.Th/c4*1-10(2,3)8(12)7-9(13)11(4,5)6;/h4*7H2,1-6H3;. The average molecular weight is 969 g/mol. The van der Waals surface area contributed by atoms with Crippen LogP contribution in [0.3, 0.4) is 0 Å². The van der Waals surface area contributed by atoms with Crippen LogP contribution in [0.2, 0.25) is 0 Å². The molecular formula is C44H80O8Th. The Balaban J connectivity index is -0.000000192. The molecule has 9 heteroatoms. The van der Waals surface area contributed by atoms with Gasteiger partial charge in [-0.15, -0.1) is 0 Å². The van der Waals surface area contributed by atoms with Crippen molar-refractivity contribution in [3.05, 3.63) is 0 Å². The Hall–Kier alpha value is -1.32. The Morgan fingerprint density at radius 2 is 0.264 bits per heavy atom. The first-order valence-electron chi connectivity index (χ1n) is 18.5. The first-order valence-corrected chi connectivity index (χ1v) is 18.5. The minimum atomic E-state index is -0.402. The van der Waals surface area contributed by atoms with E-state index in [9.17, 15) is 38.4 Å². The summed E-state index contributed by atoms with van der Waals surface area (Å²) in [5.74, 6) is 0.166. The second kappa shape index (κ2) is 22.4. The van der Waals surface area contributed by atoms with Crippen molar-refractivity contribution in [1.82, 2.24) is 0 Å². The molecule has 0 atom stereocenters. The normalized spacial score (nSPS) is 12.5. The molecule has 0 radical (unpaired) electrons. The summed E-state index contributed by atoms with van der Waals surface area (Å²) in [5, 5.41) is 0. The van der Waals surface area contributed by atoms with Crippen molar-refractivity contribution in [3.63, 3.8) is 0 Å². The predicted molar refractivity (Wildman–Crippen MR) is 214 cm³/mol. The van der Waals surface area contributed by atoms with Gasteiger partial charge in [0.05, 0.1) is 25.7 Å². The van der Waals surface area contributed by atoms with E-state index in [-0.39, 0.29) is 112 Å². The van der Waals surface area contributed by atoms with Crippen LogP contribution in [0.25, 0.3) is 0 Å². The number of hydrogen-bond donors (Lipinski definition) is 0. The van der Waals surface area contributed by atoms with Crippen molar-refractivity contribution in [2.45, 2.75) is 192 Å². The maximum Gasteiger partial charge on any atom is 0.145 e. The molecule has 0 N–H and O–H groups in total. The quantitative estimate of drug-likeness (QED) is 0.219. The van der Waals surface area contributed by atoms with Crippen LogP contribution in [0.1, 0.15) is 192 Å². The van der Waals surface area contributed by atoms with E-state index in [2.05, 4.69) is 0 Å². The first-order chi connectivity index (χ1) is 22.2. The molecule has 0 fully saturated rings. The van der Waals surface area contributed by atoms with Gasteiger partial charge in [0.15, 0.2) is 0 Å². The van der Waals surface area contributed by atoms with E-state index in [1.54, 1.807) is 0 Å². The van der Waals surface area contributed by atoms with Crippen LogP contribution in [-0.4, -0.2) is 46.3 Å². The molecule has 0 unspecified atom stereocenters. The van der Waals surface area contributed by atoms with E-state index in [0.717, 1.165) is 0 Å². The van der Waals surface area contributed by atoms with Crippen LogP contribution >= 0.6 is 0 Å². The molecular weight excluding hydrogens is 889 g/mol. The summed E-state index contributed by atoms with van der Waals surface area (Å²) in [6, 6.07) is 0. The molecule has 0 bridgehead atoms. The van der Waals surface area contributed by atoms with E-state index >= 15 is 0 Å². The van der Waals surface area contributed by atoms with Crippen molar-refractivity contribution in [1.29, 1.82) is 0 Å². The second-order valence-electron chi connectivity index (χ2n) is 22.1. The van der Waals surface area contributed by atoms with Crippen LogP contribution in [0.5, 0.6) is 0 Å². The molecule has 0 aromatic carbocycles. The molecule has 8 nitrogen and oxygen atoms in total. The van der Waals surface area contributed by atoms with E-state index < -0.39 is 43.3 Å². The Bertz CT molecular complexity index is 964.